The van der Waals surface area contributed by atoms with Crippen molar-refractivity contribution in [2.24, 2.45) is 11.1 Å². The van der Waals surface area contributed by atoms with E-state index in [1.54, 1.807) is 12.1 Å². The van der Waals surface area contributed by atoms with Gasteiger partial charge in [0.2, 0.25) is 5.91 Å². The van der Waals surface area contributed by atoms with Crippen molar-refractivity contribution in [1.82, 2.24) is 4.90 Å². The zero-order valence-electron chi connectivity index (χ0n) is 11.8. The molecule has 20 heavy (non-hydrogen) atoms. The zero-order valence-corrected chi connectivity index (χ0v) is 12.6. The highest BCUT2D eigenvalue weighted by Crippen LogP contribution is 2.28. The average Bonchev–Trinajstić information content (AvgIpc) is 2.81. The van der Waals surface area contributed by atoms with Gasteiger partial charge in [0.25, 0.3) is 0 Å². The molecule has 0 spiro atoms. The van der Waals surface area contributed by atoms with Crippen LogP contribution in [0.25, 0.3) is 0 Å². The normalized spacial score (nSPS) is 21.6. The van der Waals surface area contributed by atoms with E-state index in [1.165, 1.54) is 12.1 Å². The van der Waals surface area contributed by atoms with Crippen LogP contribution in [0.3, 0.4) is 0 Å². The van der Waals surface area contributed by atoms with Crippen molar-refractivity contribution in [1.29, 1.82) is 0 Å². The van der Waals surface area contributed by atoms with E-state index in [-0.39, 0.29) is 29.5 Å². The van der Waals surface area contributed by atoms with Gasteiger partial charge in [-0.15, -0.1) is 12.4 Å². The number of carbonyl (C=O) groups excluding carboxylic acids is 1. The third-order valence-corrected chi connectivity index (χ3v) is 3.94. The number of rotatable bonds is 4. The lowest BCUT2D eigenvalue weighted by Crippen LogP contribution is -2.34. The van der Waals surface area contributed by atoms with Gasteiger partial charge in [0, 0.05) is 19.5 Å². The summed E-state index contributed by atoms with van der Waals surface area (Å²) < 4.78 is 12.8. The third kappa shape index (κ3) is 4.18. The Bertz CT molecular complexity index is 452. The summed E-state index contributed by atoms with van der Waals surface area (Å²) in [5.74, 6) is -0.0742. The first-order valence-corrected chi connectivity index (χ1v) is 6.75. The molecule has 2 rings (SSSR count). The number of hydrogen-bond acceptors (Lipinski definition) is 2. The largest absolute Gasteiger partial charge is 0.342 e. The maximum absolute atomic E-state index is 12.8. The summed E-state index contributed by atoms with van der Waals surface area (Å²) in [5, 5.41) is 0. The van der Waals surface area contributed by atoms with Crippen LogP contribution >= 0.6 is 12.4 Å². The van der Waals surface area contributed by atoms with Crippen LogP contribution in [0.1, 0.15) is 25.3 Å². The first-order valence-electron chi connectivity index (χ1n) is 6.75. The van der Waals surface area contributed by atoms with Crippen molar-refractivity contribution >= 4 is 18.3 Å². The molecular weight excluding hydrogens is 279 g/mol. The fourth-order valence-corrected chi connectivity index (χ4v) is 2.46. The van der Waals surface area contributed by atoms with E-state index in [2.05, 4.69) is 6.92 Å². The van der Waals surface area contributed by atoms with Crippen LogP contribution < -0.4 is 5.73 Å². The van der Waals surface area contributed by atoms with Crippen molar-refractivity contribution in [3.05, 3.63) is 35.6 Å². The van der Waals surface area contributed by atoms with Crippen molar-refractivity contribution in [3.63, 3.8) is 0 Å². The maximum Gasteiger partial charge on any atom is 0.222 e. The van der Waals surface area contributed by atoms with E-state index in [0.29, 0.717) is 19.4 Å². The molecular formula is C15H22ClFN2O. The Morgan fingerprint density at radius 1 is 1.40 bits per heavy atom. The topological polar surface area (TPSA) is 46.3 Å². The summed E-state index contributed by atoms with van der Waals surface area (Å²) in [7, 11) is 0. The lowest BCUT2D eigenvalue weighted by molar-refractivity contribution is -0.130. The monoisotopic (exact) mass is 300 g/mol. The van der Waals surface area contributed by atoms with E-state index in [0.717, 1.165) is 25.1 Å². The molecule has 1 aliphatic heterocycles. The predicted octanol–water partition coefficient (Wildman–Crippen LogP) is 2.38. The number of carbonyl (C=O) groups is 1. The quantitative estimate of drug-likeness (QED) is 0.928. The number of nitrogens with zero attached hydrogens (tertiary/aromatic N) is 1. The summed E-state index contributed by atoms with van der Waals surface area (Å²) in [6.07, 6.45) is 2.12. The van der Waals surface area contributed by atoms with E-state index in [9.17, 15) is 9.18 Å². The van der Waals surface area contributed by atoms with E-state index in [4.69, 9.17) is 5.73 Å². The summed E-state index contributed by atoms with van der Waals surface area (Å²) >= 11 is 0. The second kappa shape index (κ2) is 7.04. The minimum absolute atomic E-state index is 0. The first-order chi connectivity index (χ1) is 9.02. The predicted molar refractivity (Wildman–Crippen MR) is 80.3 cm³/mol. The SMILES string of the molecule is CC1(CN)CCN(C(=O)CCc2ccc(F)cc2)C1.Cl. The van der Waals surface area contributed by atoms with Crippen LogP contribution in [0.4, 0.5) is 4.39 Å². The number of halogens is 2. The van der Waals surface area contributed by atoms with Crippen molar-refractivity contribution in [2.75, 3.05) is 19.6 Å². The number of amides is 1. The molecule has 3 nitrogen and oxygen atoms in total. The second-order valence-electron chi connectivity index (χ2n) is 5.71. The van der Waals surface area contributed by atoms with Gasteiger partial charge in [-0.2, -0.15) is 0 Å². The standard InChI is InChI=1S/C15H21FN2O.ClH/c1-15(10-17)8-9-18(11-15)14(19)7-4-12-2-5-13(16)6-3-12;/h2-3,5-6H,4,7-11,17H2,1H3;1H. The van der Waals surface area contributed by atoms with E-state index >= 15 is 0 Å². The van der Waals surface area contributed by atoms with Crippen molar-refractivity contribution in [2.45, 2.75) is 26.2 Å². The molecule has 1 heterocycles. The summed E-state index contributed by atoms with van der Waals surface area (Å²) in [5.41, 5.74) is 6.81. The molecule has 5 heteroatoms. The van der Waals surface area contributed by atoms with Gasteiger partial charge in [-0.25, -0.2) is 4.39 Å². The van der Waals surface area contributed by atoms with Gasteiger partial charge in [-0.1, -0.05) is 19.1 Å². The van der Waals surface area contributed by atoms with E-state index in [1.807, 2.05) is 4.90 Å². The Morgan fingerprint density at radius 2 is 2.05 bits per heavy atom. The zero-order chi connectivity index (χ0) is 13.9. The molecule has 1 amide bonds. The van der Waals surface area contributed by atoms with Crippen LogP contribution in [0, 0.1) is 11.2 Å². The summed E-state index contributed by atoms with van der Waals surface area (Å²) in [4.78, 5) is 14.0. The number of aryl methyl sites for hydroxylation is 1. The minimum atomic E-state index is -0.242. The fraction of sp³-hybridized carbons (Fsp3) is 0.533. The Morgan fingerprint density at radius 3 is 2.60 bits per heavy atom. The summed E-state index contributed by atoms with van der Waals surface area (Å²) in [6.45, 7) is 4.30. The molecule has 1 saturated heterocycles. The Kier molecular flexibility index (Phi) is 5.96. The fourth-order valence-electron chi connectivity index (χ4n) is 2.46. The lowest BCUT2D eigenvalue weighted by Gasteiger charge is -2.22. The molecule has 0 aliphatic carbocycles. The average molecular weight is 301 g/mol. The molecule has 0 saturated carbocycles. The summed E-state index contributed by atoms with van der Waals surface area (Å²) in [6, 6.07) is 6.33. The lowest BCUT2D eigenvalue weighted by atomic mass is 9.90. The molecule has 1 aromatic carbocycles. The number of hydrogen-bond donors (Lipinski definition) is 1. The van der Waals surface area contributed by atoms with Gasteiger partial charge in [0.1, 0.15) is 5.82 Å². The van der Waals surface area contributed by atoms with E-state index < -0.39 is 0 Å². The Labute approximate surface area is 125 Å². The van der Waals surface area contributed by atoms with Gasteiger partial charge in [0.15, 0.2) is 0 Å². The van der Waals surface area contributed by atoms with Crippen LogP contribution in [0.5, 0.6) is 0 Å². The molecule has 1 atom stereocenters. The molecule has 112 valence electrons. The van der Waals surface area contributed by atoms with Gasteiger partial charge in [-0.05, 0) is 42.5 Å². The van der Waals surface area contributed by atoms with Gasteiger partial charge in [0.05, 0.1) is 0 Å². The molecule has 0 aromatic heterocycles. The second-order valence-corrected chi connectivity index (χ2v) is 5.71. The number of benzene rings is 1. The Balaban J connectivity index is 0.00000200. The highest BCUT2D eigenvalue weighted by Gasteiger charge is 2.34. The highest BCUT2D eigenvalue weighted by atomic mass is 35.5. The van der Waals surface area contributed by atoms with Crippen LogP contribution in [-0.2, 0) is 11.2 Å². The van der Waals surface area contributed by atoms with Gasteiger partial charge >= 0.3 is 0 Å². The molecule has 1 fully saturated rings. The molecule has 1 aliphatic rings. The third-order valence-electron chi connectivity index (χ3n) is 3.94. The van der Waals surface area contributed by atoms with Crippen LogP contribution in [-0.4, -0.2) is 30.4 Å². The number of nitrogens with two attached hydrogens (primary N) is 1. The van der Waals surface area contributed by atoms with Crippen LogP contribution in [0.15, 0.2) is 24.3 Å². The smallest absolute Gasteiger partial charge is 0.222 e. The molecule has 0 bridgehead atoms. The highest BCUT2D eigenvalue weighted by molar-refractivity contribution is 5.85. The minimum Gasteiger partial charge on any atom is -0.342 e. The molecule has 1 aromatic rings. The molecule has 2 N–H and O–H groups in total. The molecule has 0 radical (unpaired) electrons. The van der Waals surface area contributed by atoms with Gasteiger partial charge in [-0.3, -0.25) is 4.79 Å². The van der Waals surface area contributed by atoms with Gasteiger partial charge < -0.3 is 10.6 Å². The van der Waals surface area contributed by atoms with Crippen molar-refractivity contribution in [3.8, 4) is 0 Å². The molecule has 1 unspecified atom stereocenters. The van der Waals surface area contributed by atoms with Crippen molar-refractivity contribution < 1.29 is 9.18 Å². The first kappa shape index (κ1) is 16.9. The van der Waals surface area contributed by atoms with Crippen LogP contribution in [0.2, 0.25) is 0 Å². The maximum atomic E-state index is 12.8. The Hall–Kier alpha value is -1.13. The number of likely N-dealkylation sites (tertiary alicyclic amines) is 1.